The molecule has 1 saturated heterocycles. The van der Waals surface area contributed by atoms with Crippen molar-refractivity contribution in [2.75, 3.05) is 6.54 Å². The minimum absolute atomic E-state index is 0.184. The van der Waals surface area contributed by atoms with Gasteiger partial charge >= 0.3 is 0 Å². The van der Waals surface area contributed by atoms with Crippen LogP contribution >= 0.6 is 11.8 Å². The summed E-state index contributed by atoms with van der Waals surface area (Å²) in [4.78, 5) is 26.0. The van der Waals surface area contributed by atoms with Gasteiger partial charge in [-0.25, -0.2) is 0 Å². The Morgan fingerprint density at radius 2 is 1.86 bits per heavy atom. The lowest BCUT2D eigenvalue weighted by Gasteiger charge is -2.09. The normalized spacial score (nSPS) is 16.8. The summed E-state index contributed by atoms with van der Waals surface area (Å²) in [6, 6.07) is 13.8. The Kier molecular flexibility index (Phi) is 4.15. The second-order valence-electron chi connectivity index (χ2n) is 4.97. The molecule has 0 unspecified atom stereocenters. The van der Waals surface area contributed by atoms with E-state index in [9.17, 15) is 9.59 Å². The molecule has 2 heterocycles. The molecule has 4 nitrogen and oxygen atoms in total. The van der Waals surface area contributed by atoms with E-state index < -0.39 is 0 Å². The molecule has 0 spiro atoms. The number of hydrogen-bond acceptors (Lipinski definition) is 3. The summed E-state index contributed by atoms with van der Waals surface area (Å²) in [7, 11) is 0. The van der Waals surface area contributed by atoms with Crippen molar-refractivity contribution in [3.63, 3.8) is 0 Å². The Balaban J connectivity index is 1.93. The molecule has 22 heavy (non-hydrogen) atoms. The number of para-hydroxylation sites is 1. The van der Waals surface area contributed by atoms with E-state index >= 15 is 0 Å². The van der Waals surface area contributed by atoms with Crippen LogP contribution < -0.4 is 0 Å². The first kappa shape index (κ1) is 14.7. The summed E-state index contributed by atoms with van der Waals surface area (Å²) >= 11 is 1.01. The van der Waals surface area contributed by atoms with Gasteiger partial charge in [-0.15, -0.1) is 0 Å². The maximum Gasteiger partial charge on any atom is 0.293 e. The summed E-state index contributed by atoms with van der Waals surface area (Å²) in [5.74, 6) is -0.197. The zero-order valence-corrected chi connectivity index (χ0v) is 13.0. The fraction of sp³-hybridized carbons (Fsp3) is 0.176. The Morgan fingerprint density at radius 1 is 1.09 bits per heavy atom. The van der Waals surface area contributed by atoms with Gasteiger partial charge in [-0.2, -0.15) is 0 Å². The monoisotopic (exact) mass is 312 g/mol. The highest BCUT2D eigenvalue weighted by molar-refractivity contribution is 8.18. The largest absolute Gasteiger partial charge is 0.317 e. The molecule has 0 aliphatic carbocycles. The molecule has 1 fully saturated rings. The fourth-order valence-corrected chi connectivity index (χ4v) is 3.24. The van der Waals surface area contributed by atoms with Crippen LogP contribution in [0, 0.1) is 0 Å². The van der Waals surface area contributed by atoms with Crippen LogP contribution in [-0.2, 0) is 4.79 Å². The van der Waals surface area contributed by atoms with E-state index in [0.717, 1.165) is 29.6 Å². The van der Waals surface area contributed by atoms with Crippen molar-refractivity contribution in [2.45, 2.75) is 13.3 Å². The molecule has 1 aromatic carbocycles. The molecule has 2 aromatic rings. The number of benzene rings is 1. The van der Waals surface area contributed by atoms with E-state index in [2.05, 4.69) is 0 Å². The van der Waals surface area contributed by atoms with Gasteiger partial charge in [0, 0.05) is 24.1 Å². The number of carbonyl (C=O) groups is 2. The molecule has 112 valence electrons. The van der Waals surface area contributed by atoms with Crippen LogP contribution in [0.1, 0.15) is 19.0 Å². The summed E-state index contributed by atoms with van der Waals surface area (Å²) in [5, 5.41) is -0.184. The highest BCUT2D eigenvalue weighted by Gasteiger charge is 2.34. The average molecular weight is 312 g/mol. The van der Waals surface area contributed by atoms with E-state index in [-0.39, 0.29) is 11.1 Å². The van der Waals surface area contributed by atoms with Crippen molar-refractivity contribution in [1.29, 1.82) is 0 Å². The zero-order valence-electron chi connectivity index (χ0n) is 12.2. The van der Waals surface area contributed by atoms with E-state index in [4.69, 9.17) is 0 Å². The molecule has 1 aliphatic heterocycles. The molecule has 0 saturated carbocycles. The average Bonchev–Trinajstić information content (AvgIpc) is 3.09. The maximum absolute atomic E-state index is 12.3. The molecule has 0 atom stereocenters. The predicted molar refractivity (Wildman–Crippen MR) is 88.7 cm³/mol. The zero-order chi connectivity index (χ0) is 15.5. The standard InChI is InChI=1S/C17H16N2O2S/c1-2-10-19-16(20)15(22-17(19)21)12-14-9-6-11-18(14)13-7-4-3-5-8-13/h3-9,11-12H,2,10H2,1H3/b15-12+. The number of thioether (sulfide) groups is 1. The predicted octanol–water partition coefficient (Wildman–Crippen LogP) is 3.92. The molecule has 1 aromatic heterocycles. The van der Waals surface area contributed by atoms with Gasteiger partial charge in [0.25, 0.3) is 11.1 Å². The molecule has 3 rings (SSSR count). The Morgan fingerprint density at radius 3 is 2.59 bits per heavy atom. The third kappa shape index (κ3) is 2.72. The van der Waals surface area contributed by atoms with Crippen molar-refractivity contribution in [1.82, 2.24) is 9.47 Å². The lowest BCUT2D eigenvalue weighted by atomic mass is 10.3. The second-order valence-corrected chi connectivity index (χ2v) is 5.97. The van der Waals surface area contributed by atoms with Crippen molar-refractivity contribution in [3.05, 3.63) is 59.3 Å². The van der Waals surface area contributed by atoms with Gasteiger partial charge in [-0.1, -0.05) is 25.1 Å². The Hall–Kier alpha value is -2.27. The van der Waals surface area contributed by atoms with Crippen LogP contribution in [0.2, 0.25) is 0 Å². The summed E-state index contributed by atoms with van der Waals surface area (Å²) in [6.45, 7) is 2.43. The number of aromatic nitrogens is 1. The van der Waals surface area contributed by atoms with Crippen LogP contribution in [0.15, 0.2) is 53.6 Å². The van der Waals surface area contributed by atoms with E-state index in [0.29, 0.717) is 11.4 Å². The number of nitrogens with zero attached hydrogens (tertiary/aromatic N) is 2. The lowest BCUT2D eigenvalue weighted by molar-refractivity contribution is -0.122. The first-order valence-corrected chi connectivity index (χ1v) is 8.00. The Labute approximate surface area is 133 Å². The smallest absolute Gasteiger partial charge is 0.293 e. The van der Waals surface area contributed by atoms with Gasteiger partial charge in [0.2, 0.25) is 0 Å². The summed E-state index contributed by atoms with van der Waals surface area (Å²) in [5.41, 5.74) is 1.90. The van der Waals surface area contributed by atoms with Crippen molar-refractivity contribution in [2.24, 2.45) is 0 Å². The van der Waals surface area contributed by atoms with Gasteiger partial charge in [0.05, 0.1) is 4.91 Å². The van der Waals surface area contributed by atoms with Crippen molar-refractivity contribution < 1.29 is 9.59 Å². The van der Waals surface area contributed by atoms with Crippen molar-refractivity contribution in [3.8, 4) is 5.69 Å². The van der Waals surface area contributed by atoms with Crippen LogP contribution in [0.4, 0.5) is 4.79 Å². The minimum atomic E-state index is -0.197. The number of amides is 2. The molecule has 5 heteroatoms. The number of carbonyl (C=O) groups excluding carboxylic acids is 2. The quantitative estimate of drug-likeness (QED) is 0.804. The first-order chi connectivity index (χ1) is 10.7. The molecule has 2 amide bonds. The third-order valence-electron chi connectivity index (χ3n) is 3.41. The van der Waals surface area contributed by atoms with E-state index in [1.807, 2.05) is 60.2 Å². The van der Waals surface area contributed by atoms with Crippen LogP contribution in [0.3, 0.4) is 0 Å². The highest BCUT2D eigenvalue weighted by atomic mass is 32.2. The van der Waals surface area contributed by atoms with Gasteiger partial charge < -0.3 is 4.57 Å². The van der Waals surface area contributed by atoms with Crippen LogP contribution in [0.5, 0.6) is 0 Å². The minimum Gasteiger partial charge on any atom is -0.317 e. The van der Waals surface area contributed by atoms with Crippen LogP contribution in [-0.4, -0.2) is 27.2 Å². The molecule has 0 radical (unpaired) electrons. The lowest BCUT2D eigenvalue weighted by Crippen LogP contribution is -2.28. The highest BCUT2D eigenvalue weighted by Crippen LogP contribution is 2.32. The summed E-state index contributed by atoms with van der Waals surface area (Å²) < 4.78 is 1.99. The van der Waals surface area contributed by atoms with Gasteiger partial charge in [-0.05, 0) is 48.5 Å². The number of hydrogen-bond donors (Lipinski definition) is 0. The molecule has 0 bridgehead atoms. The summed E-state index contributed by atoms with van der Waals surface area (Å²) in [6.07, 6.45) is 4.50. The maximum atomic E-state index is 12.3. The van der Waals surface area contributed by atoms with E-state index in [1.54, 1.807) is 6.08 Å². The number of rotatable bonds is 4. The topological polar surface area (TPSA) is 42.3 Å². The Bertz CT molecular complexity index is 734. The van der Waals surface area contributed by atoms with E-state index in [1.165, 1.54) is 4.90 Å². The molecule has 1 aliphatic rings. The van der Waals surface area contributed by atoms with Gasteiger partial charge in [0.1, 0.15) is 0 Å². The molecule has 0 N–H and O–H groups in total. The second kappa shape index (κ2) is 6.23. The van der Waals surface area contributed by atoms with Gasteiger partial charge in [-0.3, -0.25) is 14.5 Å². The third-order valence-corrected chi connectivity index (χ3v) is 4.32. The SMILES string of the molecule is CCCN1C(=O)S/C(=C/c2cccn2-c2ccccc2)C1=O. The first-order valence-electron chi connectivity index (χ1n) is 7.19. The van der Waals surface area contributed by atoms with Crippen molar-refractivity contribution >= 4 is 29.0 Å². The van der Waals surface area contributed by atoms with Gasteiger partial charge in [0.15, 0.2) is 0 Å². The molecular formula is C17H16N2O2S. The fourth-order valence-electron chi connectivity index (χ4n) is 2.39. The number of imide groups is 1. The molecular weight excluding hydrogens is 296 g/mol. The van der Waals surface area contributed by atoms with Crippen LogP contribution in [0.25, 0.3) is 11.8 Å².